The fourth-order valence-corrected chi connectivity index (χ4v) is 4.26. The molecule has 0 saturated carbocycles. The molecule has 0 aliphatic heterocycles. The number of rotatable bonds is 5. The van der Waals surface area contributed by atoms with Gasteiger partial charge in [0, 0.05) is 40.2 Å². The molecular weight excluding hydrogens is 280 g/mol. The minimum Gasteiger partial charge on any atom is -0.496 e. The average molecular weight is 302 g/mol. The molecule has 0 saturated heterocycles. The lowest BCUT2D eigenvalue weighted by Gasteiger charge is -2.12. The van der Waals surface area contributed by atoms with Crippen LogP contribution in [0.5, 0.6) is 5.75 Å². The van der Waals surface area contributed by atoms with E-state index in [9.17, 15) is 0 Å². The molecule has 0 amide bonds. The van der Waals surface area contributed by atoms with Crippen molar-refractivity contribution in [3.8, 4) is 5.75 Å². The van der Waals surface area contributed by atoms with Crippen molar-refractivity contribution in [1.82, 2.24) is 10.3 Å². The minimum absolute atomic E-state index is 0.783. The monoisotopic (exact) mass is 302 g/mol. The van der Waals surface area contributed by atoms with Crippen LogP contribution in [0.4, 0.5) is 0 Å². The van der Waals surface area contributed by atoms with E-state index in [2.05, 4.69) is 23.3 Å². The van der Waals surface area contributed by atoms with Crippen molar-refractivity contribution in [2.75, 3.05) is 7.11 Å². The van der Waals surface area contributed by atoms with E-state index in [4.69, 9.17) is 4.74 Å². The lowest BCUT2D eigenvalue weighted by molar-refractivity contribution is 0.406. The van der Waals surface area contributed by atoms with Gasteiger partial charge in [0.2, 0.25) is 0 Å². The Bertz CT molecular complexity index is 627. The number of methoxy groups -OCH3 is 1. The third-order valence-electron chi connectivity index (χ3n) is 4.14. The van der Waals surface area contributed by atoms with E-state index in [1.54, 1.807) is 17.6 Å². The Morgan fingerprint density at radius 2 is 2.14 bits per heavy atom. The van der Waals surface area contributed by atoms with Crippen molar-refractivity contribution in [2.24, 2.45) is 0 Å². The predicted octanol–water partition coefficient (Wildman–Crippen LogP) is 3.55. The molecule has 1 N–H and O–H groups in total. The molecule has 1 aliphatic carbocycles. The minimum atomic E-state index is 0.783. The maximum Gasteiger partial charge on any atom is 0.128 e. The molecule has 0 unspecified atom stereocenters. The first kappa shape index (κ1) is 14.5. The van der Waals surface area contributed by atoms with Crippen molar-refractivity contribution < 1.29 is 4.74 Å². The van der Waals surface area contributed by atoms with Gasteiger partial charge in [-0.1, -0.05) is 0 Å². The molecular formula is C17H22N2OS. The Hall–Kier alpha value is -1.39. The predicted molar refractivity (Wildman–Crippen MR) is 87.2 cm³/mol. The zero-order valence-electron chi connectivity index (χ0n) is 13.0. The number of aromatic nitrogens is 1. The van der Waals surface area contributed by atoms with Crippen LogP contribution in [0.3, 0.4) is 0 Å². The van der Waals surface area contributed by atoms with E-state index in [1.807, 2.05) is 24.5 Å². The molecule has 1 aliphatic rings. The van der Waals surface area contributed by atoms with Crippen LogP contribution < -0.4 is 10.1 Å². The number of thiophene rings is 1. The zero-order chi connectivity index (χ0) is 14.8. The number of pyridine rings is 1. The van der Waals surface area contributed by atoms with E-state index < -0.39 is 0 Å². The van der Waals surface area contributed by atoms with Crippen molar-refractivity contribution >= 4 is 11.3 Å². The Labute approximate surface area is 130 Å². The van der Waals surface area contributed by atoms with Gasteiger partial charge in [-0.3, -0.25) is 4.98 Å². The summed E-state index contributed by atoms with van der Waals surface area (Å²) in [5.41, 5.74) is 4.87. The third kappa shape index (κ3) is 2.97. The Morgan fingerprint density at radius 1 is 1.29 bits per heavy atom. The van der Waals surface area contributed by atoms with Crippen LogP contribution in [0.2, 0.25) is 0 Å². The zero-order valence-corrected chi connectivity index (χ0v) is 13.8. The second-order valence-electron chi connectivity index (χ2n) is 5.66. The molecule has 0 atom stereocenters. The molecule has 3 rings (SSSR count). The van der Waals surface area contributed by atoms with E-state index in [1.165, 1.54) is 24.1 Å². The molecule has 0 bridgehead atoms. The van der Waals surface area contributed by atoms with E-state index >= 15 is 0 Å². The molecule has 2 aromatic rings. The van der Waals surface area contributed by atoms with Crippen LogP contribution >= 0.6 is 11.3 Å². The molecule has 2 heterocycles. The highest BCUT2D eigenvalue weighted by atomic mass is 32.1. The van der Waals surface area contributed by atoms with E-state index in [-0.39, 0.29) is 0 Å². The van der Waals surface area contributed by atoms with Crippen molar-refractivity contribution in [1.29, 1.82) is 0 Å². The van der Waals surface area contributed by atoms with Gasteiger partial charge >= 0.3 is 0 Å². The first-order valence-electron chi connectivity index (χ1n) is 7.49. The first-order chi connectivity index (χ1) is 10.2. The van der Waals surface area contributed by atoms with Gasteiger partial charge in [0.1, 0.15) is 5.75 Å². The summed E-state index contributed by atoms with van der Waals surface area (Å²) in [6.45, 7) is 5.82. The summed E-state index contributed by atoms with van der Waals surface area (Å²) in [5.74, 6) is 0.955. The topological polar surface area (TPSA) is 34.1 Å². The van der Waals surface area contributed by atoms with E-state index in [0.717, 1.165) is 35.7 Å². The maximum atomic E-state index is 5.46. The van der Waals surface area contributed by atoms with Crippen LogP contribution in [0.1, 0.15) is 38.6 Å². The number of hydrogen-bond acceptors (Lipinski definition) is 4. The SMILES string of the molecule is COc1c(C)cnc(CNCc2cc3c(s2)CCC3)c1C. The molecule has 0 aromatic carbocycles. The molecule has 0 spiro atoms. The largest absolute Gasteiger partial charge is 0.496 e. The van der Waals surface area contributed by atoms with Gasteiger partial charge in [0.15, 0.2) is 0 Å². The summed E-state index contributed by atoms with van der Waals surface area (Å²) >= 11 is 1.96. The molecule has 112 valence electrons. The molecule has 0 radical (unpaired) electrons. The summed E-state index contributed by atoms with van der Waals surface area (Å²) in [4.78, 5) is 7.57. The standard InChI is InChI=1S/C17H22N2OS/c1-11-8-19-15(12(2)17(11)20-3)10-18-9-14-7-13-5-4-6-16(13)21-14/h7-8,18H,4-6,9-10H2,1-3H3. The first-order valence-corrected chi connectivity index (χ1v) is 8.31. The quantitative estimate of drug-likeness (QED) is 0.917. The molecule has 4 heteroatoms. The van der Waals surface area contributed by atoms with Crippen molar-refractivity contribution in [3.05, 3.63) is 44.4 Å². The van der Waals surface area contributed by atoms with Gasteiger partial charge in [-0.15, -0.1) is 11.3 Å². The number of hydrogen-bond donors (Lipinski definition) is 1. The summed E-state index contributed by atoms with van der Waals surface area (Å²) in [5, 5.41) is 3.51. The highest BCUT2D eigenvalue weighted by molar-refractivity contribution is 7.12. The fraction of sp³-hybridized carbons (Fsp3) is 0.471. The molecule has 21 heavy (non-hydrogen) atoms. The number of nitrogens with one attached hydrogen (secondary N) is 1. The van der Waals surface area contributed by atoms with Crippen LogP contribution in [0.25, 0.3) is 0 Å². The van der Waals surface area contributed by atoms with E-state index in [0.29, 0.717) is 0 Å². The lowest BCUT2D eigenvalue weighted by Crippen LogP contribution is -2.14. The Balaban J connectivity index is 1.62. The number of aryl methyl sites for hydroxylation is 3. The number of nitrogens with zero attached hydrogens (tertiary/aromatic N) is 1. The normalized spacial score (nSPS) is 13.5. The third-order valence-corrected chi connectivity index (χ3v) is 5.38. The number of fused-ring (bicyclic) bond motifs is 1. The molecule has 0 fully saturated rings. The van der Waals surface area contributed by atoms with Gasteiger partial charge in [-0.25, -0.2) is 0 Å². The van der Waals surface area contributed by atoms with Crippen LogP contribution in [0, 0.1) is 13.8 Å². The van der Waals surface area contributed by atoms with Crippen molar-refractivity contribution in [3.63, 3.8) is 0 Å². The second-order valence-corrected chi connectivity index (χ2v) is 6.89. The summed E-state index contributed by atoms with van der Waals surface area (Å²) < 4.78 is 5.46. The van der Waals surface area contributed by atoms with Crippen LogP contribution in [0.15, 0.2) is 12.3 Å². The number of ether oxygens (including phenoxy) is 1. The van der Waals surface area contributed by atoms with Gasteiger partial charge < -0.3 is 10.1 Å². The highest BCUT2D eigenvalue weighted by Crippen LogP contribution is 2.30. The van der Waals surface area contributed by atoms with Gasteiger partial charge in [0.25, 0.3) is 0 Å². The smallest absolute Gasteiger partial charge is 0.128 e. The molecule has 2 aromatic heterocycles. The average Bonchev–Trinajstić information content (AvgIpc) is 3.03. The van der Waals surface area contributed by atoms with Gasteiger partial charge in [-0.2, -0.15) is 0 Å². The van der Waals surface area contributed by atoms with Crippen molar-refractivity contribution in [2.45, 2.75) is 46.2 Å². The Morgan fingerprint density at radius 3 is 2.90 bits per heavy atom. The fourth-order valence-electron chi connectivity index (χ4n) is 3.03. The van der Waals surface area contributed by atoms with Gasteiger partial charge in [-0.05, 0) is 44.7 Å². The summed E-state index contributed by atoms with van der Waals surface area (Å²) in [6.07, 6.45) is 5.77. The van der Waals surface area contributed by atoms with Crippen LogP contribution in [-0.2, 0) is 25.9 Å². The second kappa shape index (κ2) is 6.16. The lowest BCUT2D eigenvalue weighted by atomic mass is 10.1. The maximum absolute atomic E-state index is 5.46. The van der Waals surface area contributed by atoms with Gasteiger partial charge in [0.05, 0.1) is 12.8 Å². The molecule has 3 nitrogen and oxygen atoms in total. The Kier molecular flexibility index (Phi) is 4.27. The summed E-state index contributed by atoms with van der Waals surface area (Å²) in [7, 11) is 1.72. The van der Waals surface area contributed by atoms with Crippen LogP contribution in [-0.4, -0.2) is 12.1 Å². The highest BCUT2D eigenvalue weighted by Gasteiger charge is 2.14. The summed E-state index contributed by atoms with van der Waals surface area (Å²) in [6, 6.07) is 2.37.